The third-order valence-electron chi connectivity index (χ3n) is 6.27. The van der Waals surface area contributed by atoms with Crippen LogP contribution in [0.25, 0.3) is 0 Å². The van der Waals surface area contributed by atoms with Crippen molar-refractivity contribution in [3.8, 4) is 0 Å². The van der Waals surface area contributed by atoms with E-state index in [2.05, 4.69) is 5.32 Å². The minimum atomic E-state index is 0.150. The van der Waals surface area contributed by atoms with Gasteiger partial charge in [0, 0.05) is 11.3 Å². The highest BCUT2D eigenvalue weighted by Crippen LogP contribution is 2.61. The van der Waals surface area contributed by atoms with E-state index in [0.29, 0.717) is 11.7 Å². The monoisotopic (exact) mass is 247 g/mol. The van der Waals surface area contributed by atoms with E-state index in [9.17, 15) is 4.79 Å². The molecule has 4 bridgehead atoms. The predicted octanol–water partition coefficient (Wildman–Crippen LogP) is 2.77. The van der Waals surface area contributed by atoms with E-state index in [1.807, 2.05) is 0 Å². The van der Waals surface area contributed by atoms with Crippen LogP contribution in [0.15, 0.2) is 0 Å². The fourth-order valence-corrected chi connectivity index (χ4v) is 5.93. The highest BCUT2D eigenvalue weighted by Gasteiger charge is 2.55. The van der Waals surface area contributed by atoms with Crippen molar-refractivity contribution in [3.05, 3.63) is 0 Å². The van der Waals surface area contributed by atoms with Crippen LogP contribution < -0.4 is 5.32 Å². The minimum absolute atomic E-state index is 0.150. The molecule has 0 amide bonds. The number of hydrogen-bond donors (Lipinski definition) is 1. The van der Waals surface area contributed by atoms with Crippen LogP contribution in [0, 0.1) is 29.1 Å². The Balaban J connectivity index is 1.57. The van der Waals surface area contributed by atoms with Gasteiger partial charge in [-0.15, -0.1) is 0 Å². The van der Waals surface area contributed by atoms with Crippen molar-refractivity contribution >= 4 is 5.78 Å². The van der Waals surface area contributed by atoms with Crippen molar-refractivity contribution in [1.82, 2.24) is 5.32 Å². The fraction of sp³-hybridized carbons (Fsp3) is 0.938. The van der Waals surface area contributed by atoms with Crippen molar-refractivity contribution in [2.24, 2.45) is 29.1 Å². The molecule has 4 aliphatic carbocycles. The molecule has 0 aromatic heterocycles. The summed E-state index contributed by atoms with van der Waals surface area (Å²) in [7, 11) is 0. The van der Waals surface area contributed by atoms with E-state index < -0.39 is 0 Å². The second kappa shape index (κ2) is 4.06. The first-order chi connectivity index (χ1) is 8.75. The van der Waals surface area contributed by atoms with E-state index in [1.54, 1.807) is 0 Å². The van der Waals surface area contributed by atoms with Gasteiger partial charge >= 0.3 is 0 Å². The van der Waals surface area contributed by atoms with Gasteiger partial charge in [0.05, 0.1) is 0 Å². The third kappa shape index (κ3) is 1.68. The van der Waals surface area contributed by atoms with E-state index in [-0.39, 0.29) is 5.41 Å². The molecule has 1 heterocycles. The maximum absolute atomic E-state index is 13.0. The van der Waals surface area contributed by atoms with Crippen LogP contribution in [0.3, 0.4) is 0 Å². The summed E-state index contributed by atoms with van der Waals surface area (Å²) < 4.78 is 0. The lowest BCUT2D eigenvalue weighted by molar-refractivity contribution is -0.149. The maximum Gasteiger partial charge on any atom is 0.142 e. The fourth-order valence-electron chi connectivity index (χ4n) is 5.93. The van der Waals surface area contributed by atoms with Gasteiger partial charge in [-0.2, -0.15) is 0 Å². The first-order valence-electron chi connectivity index (χ1n) is 8.00. The number of carbonyl (C=O) groups is 1. The highest BCUT2D eigenvalue weighted by molar-refractivity contribution is 5.87. The summed E-state index contributed by atoms with van der Waals surface area (Å²) in [4.78, 5) is 13.0. The van der Waals surface area contributed by atoms with E-state index in [0.717, 1.165) is 43.7 Å². The normalized spacial score (nSPS) is 47.4. The van der Waals surface area contributed by atoms with Gasteiger partial charge < -0.3 is 5.32 Å². The topological polar surface area (TPSA) is 29.1 Å². The number of nitrogens with one attached hydrogen (secondary N) is 1. The molecule has 5 rings (SSSR count). The van der Waals surface area contributed by atoms with Crippen molar-refractivity contribution in [1.29, 1.82) is 0 Å². The lowest BCUT2D eigenvalue weighted by atomic mass is 9.47. The number of ketones is 1. The Kier molecular flexibility index (Phi) is 2.58. The zero-order valence-corrected chi connectivity index (χ0v) is 11.3. The average molecular weight is 247 g/mol. The second-order valence-corrected chi connectivity index (χ2v) is 7.59. The first kappa shape index (κ1) is 11.5. The molecule has 18 heavy (non-hydrogen) atoms. The van der Waals surface area contributed by atoms with Crippen molar-refractivity contribution in [3.63, 3.8) is 0 Å². The third-order valence-corrected chi connectivity index (χ3v) is 6.27. The molecule has 1 saturated heterocycles. The van der Waals surface area contributed by atoms with Crippen LogP contribution in [0.2, 0.25) is 0 Å². The number of rotatable bonds is 2. The summed E-state index contributed by atoms with van der Waals surface area (Å²) in [6, 6.07) is 0. The van der Waals surface area contributed by atoms with Gasteiger partial charge in [0.15, 0.2) is 0 Å². The van der Waals surface area contributed by atoms with Crippen LogP contribution in [0.1, 0.15) is 51.4 Å². The summed E-state index contributed by atoms with van der Waals surface area (Å²) in [5, 5.41) is 3.39. The van der Waals surface area contributed by atoms with Crippen LogP contribution in [0.5, 0.6) is 0 Å². The van der Waals surface area contributed by atoms with Gasteiger partial charge in [0.25, 0.3) is 0 Å². The molecule has 0 aromatic rings. The lowest BCUT2D eigenvalue weighted by Crippen LogP contribution is -2.52. The molecule has 0 atom stereocenters. The van der Waals surface area contributed by atoms with Gasteiger partial charge in [0.1, 0.15) is 5.78 Å². The number of hydrogen-bond acceptors (Lipinski definition) is 2. The number of piperidine rings is 1. The summed E-state index contributed by atoms with van der Waals surface area (Å²) in [5.74, 6) is 3.79. The molecule has 2 nitrogen and oxygen atoms in total. The molecule has 5 aliphatic rings. The first-order valence-corrected chi connectivity index (χ1v) is 8.00. The smallest absolute Gasteiger partial charge is 0.142 e. The molecule has 2 heteroatoms. The SMILES string of the molecule is O=C(C1CCNCC1)C12CC3CC(CC(C3)C1)C2. The molecule has 0 unspecified atom stereocenters. The molecular formula is C16H25NO. The number of carbonyl (C=O) groups excluding carboxylic acids is 1. The van der Waals surface area contributed by atoms with Gasteiger partial charge in [-0.25, -0.2) is 0 Å². The Hall–Kier alpha value is -0.370. The van der Waals surface area contributed by atoms with E-state index in [1.165, 1.54) is 38.5 Å². The Labute approximate surface area is 110 Å². The van der Waals surface area contributed by atoms with E-state index >= 15 is 0 Å². The van der Waals surface area contributed by atoms with Crippen molar-refractivity contribution < 1.29 is 4.79 Å². The molecule has 1 aliphatic heterocycles. The highest BCUT2D eigenvalue weighted by atomic mass is 16.1. The summed E-state index contributed by atoms with van der Waals surface area (Å²) in [5.41, 5.74) is 0.150. The summed E-state index contributed by atoms with van der Waals surface area (Å²) in [6.07, 6.45) is 10.3. The van der Waals surface area contributed by atoms with Crippen LogP contribution in [0.4, 0.5) is 0 Å². The largest absolute Gasteiger partial charge is 0.317 e. The molecule has 0 radical (unpaired) electrons. The Morgan fingerprint density at radius 3 is 1.89 bits per heavy atom. The summed E-state index contributed by atoms with van der Waals surface area (Å²) in [6.45, 7) is 2.12. The minimum Gasteiger partial charge on any atom is -0.317 e. The predicted molar refractivity (Wildman–Crippen MR) is 71.2 cm³/mol. The average Bonchev–Trinajstić information content (AvgIpc) is 2.37. The Morgan fingerprint density at radius 2 is 1.39 bits per heavy atom. The standard InChI is InChI=1S/C16H25NO/c18-15(14-1-3-17-4-2-14)16-8-11-5-12(9-16)7-13(6-11)10-16/h11-14,17H,1-10H2. The molecule has 5 fully saturated rings. The van der Waals surface area contributed by atoms with Crippen molar-refractivity contribution in [2.45, 2.75) is 51.4 Å². The van der Waals surface area contributed by atoms with Gasteiger partial charge in [-0.05, 0) is 82.2 Å². The Bertz CT molecular complexity index is 321. The Morgan fingerprint density at radius 1 is 0.889 bits per heavy atom. The van der Waals surface area contributed by atoms with Gasteiger partial charge in [-0.1, -0.05) is 0 Å². The second-order valence-electron chi connectivity index (χ2n) is 7.59. The van der Waals surface area contributed by atoms with Crippen LogP contribution >= 0.6 is 0 Å². The molecular weight excluding hydrogens is 222 g/mol. The van der Waals surface area contributed by atoms with E-state index in [4.69, 9.17) is 0 Å². The maximum atomic E-state index is 13.0. The molecule has 0 aromatic carbocycles. The zero-order chi connectivity index (χ0) is 12.2. The molecule has 1 N–H and O–H groups in total. The van der Waals surface area contributed by atoms with Gasteiger partial charge in [0.2, 0.25) is 0 Å². The molecule has 0 spiro atoms. The van der Waals surface area contributed by atoms with Crippen LogP contribution in [-0.4, -0.2) is 18.9 Å². The van der Waals surface area contributed by atoms with Crippen molar-refractivity contribution in [2.75, 3.05) is 13.1 Å². The molecule has 4 saturated carbocycles. The molecule has 100 valence electrons. The van der Waals surface area contributed by atoms with Crippen LogP contribution in [-0.2, 0) is 4.79 Å². The zero-order valence-electron chi connectivity index (χ0n) is 11.3. The summed E-state index contributed by atoms with van der Waals surface area (Å²) >= 11 is 0. The lowest BCUT2D eigenvalue weighted by Gasteiger charge is -2.56. The van der Waals surface area contributed by atoms with Gasteiger partial charge in [-0.3, -0.25) is 4.79 Å². The number of Topliss-reactive ketones (excluding diaryl/α,β-unsaturated/α-hetero) is 1. The quantitative estimate of drug-likeness (QED) is 0.813.